The molecule has 0 aliphatic carbocycles. The summed E-state index contributed by atoms with van der Waals surface area (Å²) in [6, 6.07) is 45.4. The Morgan fingerprint density at radius 2 is 0.395 bits per heavy atom. The molecule has 12 nitrogen and oxygen atoms in total. The number of aryl methyl sites for hydroxylation is 4. The second kappa shape index (κ2) is 28.3. The molecule has 0 amide bonds. The van der Waals surface area contributed by atoms with Crippen LogP contribution in [0.15, 0.2) is 170 Å². The summed E-state index contributed by atoms with van der Waals surface area (Å²) in [6.07, 6.45) is 0. The predicted molar refractivity (Wildman–Crippen MR) is 315 cm³/mol. The van der Waals surface area contributed by atoms with Crippen molar-refractivity contribution in [2.45, 2.75) is 83.1 Å². The summed E-state index contributed by atoms with van der Waals surface area (Å²) in [4.78, 5) is 98.9. The van der Waals surface area contributed by atoms with Crippen LogP contribution in [0.25, 0.3) is 0 Å². The number of carbonyl (C=O) groups excluding carboxylic acids is 4. The van der Waals surface area contributed by atoms with E-state index in [0.717, 1.165) is 44.5 Å². The van der Waals surface area contributed by atoms with E-state index >= 15 is 0 Å². The Labute approximate surface area is 490 Å². The van der Waals surface area contributed by atoms with Crippen LogP contribution in [0.1, 0.15) is 108 Å². The van der Waals surface area contributed by atoms with Crippen molar-refractivity contribution >= 4 is 72.8 Å². The monoisotopic (exact) mass is 1200 g/mol. The van der Waals surface area contributed by atoms with E-state index in [1.807, 2.05) is 55.4 Å². The standard InChI is InChI=1S/4C16H17O3P.Ti/c4*1-11-9-10-15(13(3)12(11)2)20(18,19)16(17)14-7-5-4-6-8-14;/h4*4-10H,1-3H3,(H,18,19);/q;;;;+4/p-4. The van der Waals surface area contributed by atoms with E-state index in [1.54, 1.807) is 125 Å². The van der Waals surface area contributed by atoms with Crippen molar-refractivity contribution < 1.29 is 78.7 Å². The molecule has 0 saturated carbocycles. The van der Waals surface area contributed by atoms with Crippen molar-refractivity contribution in [3.8, 4) is 0 Å². The van der Waals surface area contributed by atoms with Crippen LogP contribution in [0.2, 0.25) is 0 Å². The van der Waals surface area contributed by atoms with E-state index in [-0.39, 0.29) is 65.2 Å². The van der Waals surface area contributed by atoms with Crippen LogP contribution in [0, 0.1) is 83.1 Å². The van der Waals surface area contributed by atoms with Crippen LogP contribution in [0.4, 0.5) is 0 Å². The molecule has 0 bridgehead atoms. The molecule has 8 aromatic carbocycles. The summed E-state index contributed by atoms with van der Waals surface area (Å²) in [5, 5.41) is 0.479. The molecule has 4 atom stereocenters. The van der Waals surface area contributed by atoms with E-state index in [1.165, 1.54) is 72.8 Å². The fourth-order valence-electron chi connectivity index (χ4n) is 8.48. The van der Waals surface area contributed by atoms with Gasteiger partial charge in [0, 0.05) is 43.5 Å². The molecule has 0 heterocycles. The van der Waals surface area contributed by atoms with Crippen LogP contribution < -0.4 is 40.8 Å². The zero-order valence-electron chi connectivity index (χ0n) is 47.4. The minimum atomic E-state index is -4.33. The Morgan fingerprint density at radius 3 is 0.543 bits per heavy atom. The number of hydrogen-bond donors (Lipinski definition) is 0. The van der Waals surface area contributed by atoms with Crippen LogP contribution >= 0.6 is 29.5 Å². The van der Waals surface area contributed by atoms with Crippen LogP contribution in [-0.4, -0.2) is 22.1 Å². The van der Waals surface area contributed by atoms with Gasteiger partial charge in [0.15, 0.2) is 0 Å². The molecule has 4 unspecified atom stereocenters. The van der Waals surface area contributed by atoms with Gasteiger partial charge in [-0.3, -0.25) is 19.2 Å². The van der Waals surface area contributed by atoms with Crippen LogP contribution in [-0.2, 0) is 40.0 Å². The third-order valence-electron chi connectivity index (χ3n) is 14.5. The molecule has 8 rings (SSSR count). The molecule has 416 valence electrons. The van der Waals surface area contributed by atoms with Gasteiger partial charge in [0.1, 0.15) is 29.5 Å². The Bertz CT molecular complexity index is 3330. The molecule has 0 aliphatic rings. The molecule has 0 N–H and O–H groups in total. The number of rotatable bonds is 12. The van der Waals surface area contributed by atoms with Crippen molar-refractivity contribution in [1.82, 2.24) is 0 Å². The molecule has 0 aliphatic heterocycles. The Kier molecular flexibility index (Phi) is 23.5. The van der Waals surface area contributed by atoms with Gasteiger partial charge in [0.05, 0.1) is 0 Å². The van der Waals surface area contributed by atoms with Gasteiger partial charge in [-0.2, -0.15) is 0 Å². The fraction of sp³-hybridized carbons (Fsp3) is 0.188. The first-order valence-electron chi connectivity index (χ1n) is 25.4. The van der Waals surface area contributed by atoms with Crippen LogP contribution in [0.5, 0.6) is 0 Å². The van der Waals surface area contributed by atoms with Crippen molar-refractivity contribution in [3.63, 3.8) is 0 Å². The first-order chi connectivity index (χ1) is 37.4. The largest absolute Gasteiger partial charge is 4.00 e. The Balaban J connectivity index is 0.000000231. The third-order valence-corrected chi connectivity index (χ3v) is 22.2. The van der Waals surface area contributed by atoms with Gasteiger partial charge in [-0.25, -0.2) is 0 Å². The topological polar surface area (TPSA) is 229 Å². The number of benzene rings is 8. The molecule has 0 aromatic heterocycles. The molecule has 0 saturated heterocycles. The van der Waals surface area contributed by atoms with E-state index < -0.39 is 51.6 Å². The molecule has 0 spiro atoms. The molecule has 0 radical (unpaired) electrons. The summed E-state index contributed by atoms with van der Waals surface area (Å²) >= 11 is 0. The average Bonchev–Trinajstić information content (AvgIpc) is 3.45. The fourth-order valence-corrected chi connectivity index (χ4v) is 14.8. The maximum absolute atomic E-state index is 12.5. The van der Waals surface area contributed by atoms with Crippen LogP contribution in [0.3, 0.4) is 0 Å². The second-order valence-corrected chi connectivity index (χ2v) is 27.5. The molecule has 0 fully saturated rings. The van der Waals surface area contributed by atoms with Crippen molar-refractivity contribution in [3.05, 3.63) is 259 Å². The van der Waals surface area contributed by atoms with E-state index in [2.05, 4.69) is 0 Å². The van der Waals surface area contributed by atoms with E-state index in [9.17, 15) is 57.0 Å². The number of hydrogen-bond acceptors (Lipinski definition) is 12. The minimum Gasteiger partial charge on any atom is -0.790 e. The second-order valence-electron chi connectivity index (χ2n) is 19.5. The minimum absolute atomic E-state index is 0. The van der Waals surface area contributed by atoms with E-state index in [0.29, 0.717) is 22.3 Å². The smallest absolute Gasteiger partial charge is 0.790 e. The molecular weight excluding hydrogens is 1130 g/mol. The third kappa shape index (κ3) is 15.3. The summed E-state index contributed by atoms with van der Waals surface area (Å²) in [7, 11) is -17.3. The zero-order chi connectivity index (χ0) is 59.7. The van der Waals surface area contributed by atoms with Crippen molar-refractivity contribution in [1.29, 1.82) is 0 Å². The van der Waals surface area contributed by atoms with Gasteiger partial charge in [-0.1, -0.05) is 170 Å². The quantitative estimate of drug-likeness (QED) is 0.0822. The Morgan fingerprint density at radius 1 is 0.247 bits per heavy atom. The number of carbonyl (C=O) groups is 4. The Hall–Kier alpha value is -6.09. The normalized spacial score (nSPS) is 13.6. The molecule has 81 heavy (non-hydrogen) atoms. The zero-order valence-corrected chi connectivity index (χ0v) is 52.5. The maximum Gasteiger partial charge on any atom is 4.00 e. The average molecular weight is 1200 g/mol. The van der Waals surface area contributed by atoms with Crippen molar-refractivity contribution in [2.75, 3.05) is 0 Å². The summed E-state index contributed by atoms with van der Waals surface area (Å²) in [5.74, 6) is 0. The molecule has 8 aromatic rings. The predicted octanol–water partition coefficient (Wildman–Crippen LogP) is 10.9. The first kappa shape index (κ1) is 67.4. The van der Waals surface area contributed by atoms with Crippen molar-refractivity contribution in [2.24, 2.45) is 0 Å². The van der Waals surface area contributed by atoms with E-state index in [4.69, 9.17) is 0 Å². The van der Waals surface area contributed by atoms with Gasteiger partial charge >= 0.3 is 21.7 Å². The van der Waals surface area contributed by atoms with Gasteiger partial charge < -0.3 is 37.8 Å². The summed E-state index contributed by atoms with van der Waals surface area (Å²) in [5.41, 5.74) is 7.72. The molecule has 17 heteroatoms. The SMILES string of the molecule is Cc1ccc(P(=O)([O-])C(=O)c2ccccc2)c(C)c1C.Cc1ccc(P(=O)([O-])C(=O)c2ccccc2)c(C)c1C.Cc1ccc(P(=O)([O-])C(=O)c2ccccc2)c(C)c1C.Cc1ccc(P(=O)([O-])C(=O)c2ccccc2)c(C)c1C.[Ti+4]. The van der Waals surface area contributed by atoms with Gasteiger partial charge in [0.25, 0.3) is 0 Å². The summed E-state index contributed by atoms with van der Waals surface area (Å²) in [6.45, 7) is 22.1. The summed E-state index contributed by atoms with van der Waals surface area (Å²) < 4.78 is 50.0. The molecular formula is C64H64O12P4Ti. The van der Waals surface area contributed by atoms with Gasteiger partial charge in [0.2, 0.25) is 22.1 Å². The first-order valence-corrected chi connectivity index (χ1v) is 31.9. The maximum atomic E-state index is 12.5. The van der Waals surface area contributed by atoms with Gasteiger partial charge in [-0.15, -0.1) is 0 Å². The van der Waals surface area contributed by atoms with Gasteiger partial charge in [-0.05, 0) is 150 Å².